The van der Waals surface area contributed by atoms with Crippen LogP contribution in [0.15, 0.2) is 177 Å². The summed E-state index contributed by atoms with van der Waals surface area (Å²) in [6.07, 6.45) is 19.4. The second-order valence-corrected chi connectivity index (χ2v) is 24.2. The summed E-state index contributed by atoms with van der Waals surface area (Å²) in [5, 5.41) is 2.60. The van der Waals surface area contributed by atoms with Gasteiger partial charge in [-0.25, -0.2) is 0 Å². The van der Waals surface area contributed by atoms with E-state index in [2.05, 4.69) is 235 Å². The highest BCUT2D eigenvalue weighted by Crippen LogP contribution is 2.53. The Morgan fingerprint density at radius 1 is 0.760 bits per heavy atom. The average Bonchev–Trinajstić information content (AvgIpc) is 3.78. The molecule has 0 spiro atoms. The maximum Gasteiger partial charge on any atom is 0.241 e. The molecule has 1 amide bonds. The predicted molar refractivity (Wildman–Crippen MR) is 320 cm³/mol. The van der Waals surface area contributed by atoms with Crippen LogP contribution in [0.3, 0.4) is 0 Å². The molecule has 5 aliphatic rings. The van der Waals surface area contributed by atoms with Gasteiger partial charge < -0.3 is 24.3 Å². The van der Waals surface area contributed by atoms with E-state index in [4.69, 9.17) is 4.74 Å². The number of carbonyl (C=O) groups is 1. The van der Waals surface area contributed by atoms with Crippen molar-refractivity contribution in [1.82, 2.24) is 0 Å². The fourth-order valence-electron chi connectivity index (χ4n) is 12.5. The van der Waals surface area contributed by atoms with E-state index in [1.165, 1.54) is 61.2 Å². The highest BCUT2D eigenvalue weighted by molar-refractivity contribution is 8.00. The Bertz CT molecular complexity index is 3340. The number of aryl methyl sites for hydroxylation is 1. The Morgan fingerprint density at radius 2 is 1.45 bits per heavy atom. The first kappa shape index (κ1) is 50.6. The zero-order valence-electron chi connectivity index (χ0n) is 45.5. The Morgan fingerprint density at radius 3 is 2.15 bits per heavy atom. The van der Waals surface area contributed by atoms with Gasteiger partial charge in [0.25, 0.3) is 0 Å². The molecule has 3 heterocycles. The minimum Gasteiger partial charge on any atom is -0.457 e. The minimum atomic E-state index is -0.202. The van der Waals surface area contributed by atoms with Crippen molar-refractivity contribution in [3.8, 4) is 5.75 Å². The van der Waals surface area contributed by atoms with Crippen molar-refractivity contribution >= 4 is 80.4 Å². The van der Waals surface area contributed by atoms with Gasteiger partial charge in [0.2, 0.25) is 5.91 Å². The Hall–Kier alpha value is -6.55. The van der Waals surface area contributed by atoms with Crippen molar-refractivity contribution in [2.24, 2.45) is 0 Å². The molecule has 6 aromatic carbocycles. The molecule has 3 aliphatic heterocycles. The van der Waals surface area contributed by atoms with Gasteiger partial charge in [-0.1, -0.05) is 106 Å². The molecule has 1 unspecified atom stereocenters. The fraction of sp³-hybridized carbons (Fsp3) is 0.318. The van der Waals surface area contributed by atoms with Crippen LogP contribution in [0.25, 0.3) is 16.8 Å². The van der Waals surface area contributed by atoms with Gasteiger partial charge in [-0.05, 0) is 169 Å². The second kappa shape index (κ2) is 20.2. The lowest BCUT2D eigenvalue weighted by Gasteiger charge is -2.32. The third kappa shape index (κ3) is 9.07. The lowest BCUT2D eigenvalue weighted by molar-refractivity contribution is -0.115. The minimum absolute atomic E-state index is 0.0425. The van der Waals surface area contributed by atoms with E-state index in [9.17, 15) is 4.79 Å². The first-order valence-corrected chi connectivity index (χ1v) is 28.7. The molecule has 11 rings (SSSR count). The van der Waals surface area contributed by atoms with E-state index in [0.29, 0.717) is 0 Å². The number of amides is 1. The molecular formula is C66H71N5O2S2. The summed E-state index contributed by atoms with van der Waals surface area (Å²) in [5.74, 6) is 2.06. The summed E-state index contributed by atoms with van der Waals surface area (Å²) >= 11 is 3.29. The van der Waals surface area contributed by atoms with Gasteiger partial charge in [0.15, 0.2) is 0 Å². The number of anilines is 6. The van der Waals surface area contributed by atoms with Crippen molar-refractivity contribution in [2.45, 2.75) is 105 Å². The van der Waals surface area contributed by atoms with E-state index in [1.807, 2.05) is 4.90 Å². The topological polar surface area (TPSA) is 42.5 Å². The summed E-state index contributed by atoms with van der Waals surface area (Å²) in [6.45, 7) is 16.0. The maximum absolute atomic E-state index is 14.5. The lowest BCUT2D eigenvalue weighted by atomic mass is 9.75. The molecule has 6 aromatic rings. The molecule has 384 valence electrons. The number of nitrogens with zero attached hydrogens (tertiary/aromatic N) is 5. The number of thioether (sulfide) groups is 1. The second-order valence-electron chi connectivity index (χ2n) is 22.1. The number of ether oxygens (including phenoxy) is 1. The van der Waals surface area contributed by atoms with Crippen LogP contribution in [-0.2, 0) is 22.0 Å². The van der Waals surface area contributed by atoms with Crippen LogP contribution < -0.4 is 29.2 Å². The van der Waals surface area contributed by atoms with Gasteiger partial charge in [-0.2, -0.15) is 0 Å². The summed E-state index contributed by atoms with van der Waals surface area (Å²) < 4.78 is 7.18. The number of hydrogen-bond donors (Lipinski definition) is 0. The van der Waals surface area contributed by atoms with Crippen molar-refractivity contribution in [1.29, 1.82) is 0 Å². The summed E-state index contributed by atoms with van der Waals surface area (Å²) in [4.78, 5) is 28.9. The number of carbonyl (C=O) groups excluding carboxylic acids is 1. The number of hydrogen-bond acceptors (Lipinski definition) is 8. The van der Waals surface area contributed by atoms with E-state index < -0.39 is 0 Å². The third-order valence-electron chi connectivity index (χ3n) is 16.3. The molecule has 0 bridgehead atoms. The number of allylic oxidation sites excluding steroid dienone is 7. The predicted octanol–water partition coefficient (Wildman–Crippen LogP) is 16.0. The van der Waals surface area contributed by atoms with Crippen LogP contribution in [0.1, 0.15) is 89.5 Å². The van der Waals surface area contributed by atoms with Gasteiger partial charge in [-0.15, -0.1) is 11.8 Å². The van der Waals surface area contributed by atoms with Gasteiger partial charge in [0, 0.05) is 95.2 Å². The summed E-state index contributed by atoms with van der Waals surface area (Å²) in [5.41, 5.74) is 15.9. The Balaban J connectivity index is 0.912. The first-order chi connectivity index (χ1) is 36.2. The van der Waals surface area contributed by atoms with Crippen LogP contribution in [0.5, 0.6) is 5.75 Å². The molecule has 9 heteroatoms. The smallest absolute Gasteiger partial charge is 0.241 e. The quantitative estimate of drug-likeness (QED) is 0.112. The number of fused-ring (bicyclic) bond motifs is 8. The first-order valence-electron chi connectivity index (χ1n) is 26.9. The van der Waals surface area contributed by atoms with E-state index >= 15 is 0 Å². The Kier molecular flexibility index (Phi) is 13.6. The maximum atomic E-state index is 14.5. The SMILES string of the molecule is CCN1/C(=C/C=C2\CCCC(/C=C/C3N(CC)c4ccc5c(c4C3(C)C)C=CCC5)=C2Oc2ccc(SCC(=O)N3c4ccc(N(C)C)cc4Sc4cc(N(C)C)ccc43)cc2)C(C)(C)c2c1ccc1ccccc21. The average molecular weight is 1030 g/mol. The number of benzene rings is 6. The molecule has 0 fully saturated rings. The molecule has 7 nitrogen and oxygen atoms in total. The van der Waals surface area contributed by atoms with E-state index in [1.54, 1.807) is 23.5 Å². The fourth-order valence-corrected chi connectivity index (χ4v) is 14.3. The molecule has 0 saturated heterocycles. The Labute approximate surface area is 454 Å². The van der Waals surface area contributed by atoms with Crippen molar-refractivity contribution in [3.63, 3.8) is 0 Å². The lowest BCUT2D eigenvalue weighted by Crippen LogP contribution is -2.40. The number of rotatable bonds is 12. The molecular weight excluding hydrogens is 959 g/mol. The molecule has 0 aromatic heterocycles. The standard InChI is InChI=1S/C66H71N5O2S2/c1-11-69-55-34-24-43-18-13-15-22-51(43)62(55)65(3,4)59(69)38-26-45-20-17-21-46(27-39-60-66(5,6)63-52-23-16-14-19-44(52)25-35-56(63)70(60)12-2)64(45)73-49-30-32-50(33-31-49)74-42-61(72)71-53-36-28-47(67(7)8)40-57(53)75-58-41-48(68(9)10)29-37-54(58)71/h13,15-16,18,22-41,60H,11-12,14,17,19-21,42H2,1-10H3/b39-27+,45-26+,59-38+. The number of likely N-dealkylation sites (N-methyl/N-ethyl adjacent to an activating group) is 2. The third-order valence-corrected chi connectivity index (χ3v) is 18.4. The van der Waals surface area contributed by atoms with Crippen LogP contribution in [-0.4, -0.2) is 59.0 Å². The van der Waals surface area contributed by atoms with E-state index in [0.717, 1.165) is 94.1 Å². The zero-order chi connectivity index (χ0) is 52.3. The monoisotopic (exact) mass is 1030 g/mol. The molecule has 0 N–H and O–H groups in total. The van der Waals surface area contributed by atoms with Crippen molar-refractivity contribution < 1.29 is 9.53 Å². The molecule has 75 heavy (non-hydrogen) atoms. The van der Waals surface area contributed by atoms with Crippen LogP contribution in [0.2, 0.25) is 0 Å². The summed E-state index contributed by atoms with van der Waals surface area (Å²) in [6, 6.07) is 39.4. The summed E-state index contributed by atoms with van der Waals surface area (Å²) in [7, 11) is 8.21. The molecule has 1 atom stereocenters. The normalized spacial score (nSPS) is 19.2. The van der Waals surface area contributed by atoms with Gasteiger partial charge in [0.1, 0.15) is 11.5 Å². The van der Waals surface area contributed by atoms with Gasteiger partial charge in [-0.3, -0.25) is 9.69 Å². The van der Waals surface area contributed by atoms with Crippen LogP contribution in [0.4, 0.5) is 34.1 Å². The highest BCUT2D eigenvalue weighted by atomic mass is 32.2. The van der Waals surface area contributed by atoms with Crippen LogP contribution in [0, 0.1) is 0 Å². The van der Waals surface area contributed by atoms with Gasteiger partial charge >= 0.3 is 0 Å². The van der Waals surface area contributed by atoms with Crippen molar-refractivity contribution in [2.75, 3.05) is 71.5 Å². The largest absolute Gasteiger partial charge is 0.457 e. The van der Waals surface area contributed by atoms with Gasteiger partial charge in [0.05, 0.1) is 23.2 Å². The van der Waals surface area contributed by atoms with E-state index in [-0.39, 0.29) is 28.5 Å². The molecule has 0 radical (unpaired) electrons. The van der Waals surface area contributed by atoms with Crippen LogP contribution >= 0.6 is 23.5 Å². The molecule has 0 saturated carbocycles. The van der Waals surface area contributed by atoms with Crippen molar-refractivity contribution in [3.05, 3.63) is 184 Å². The zero-order valence-corrected chi connectivity index (χ0v) is 47.1. The highest BCUT2D eigenvalue weighted by Gasteiger charge is 2.45. The molecule has 2 aliphatic carbocycles.